The van der Waals surface area contributed by atoms with Gasteiger partial charge in [0.2, 0.25) is 10.0 Å². The fourth-order valence-corrected chi connectivity index (χ4v) is 4.85. The summed E-state index contributed by atoms with van der Waals surface area (Å²) in [6.45, 7) is 3.04. The van der Waals surface area contributed by atoms with Crippen LogP contribution in [0.1, 0.15) is 22.0 Å². The van der Waals surface area contributed by atoms with E-state index in [2.05, 4.69) is 20.7 Å². The molecule has 0 aliphatic heterocycles. The van der Waals surface area contributed by atoms with Crippen molar-refractivity contribution in [1.82, 2.24) is 4.72 Å². The standard InChI is InChI=1S/C12H14BrNO4S2/c1-7-11(5-15)12(8(2)18-7)20(16,17)14-4-10-3-9(13)6-19-10/h3,6,14-15H,4-5H2,1-2H3. The molecular weight excluding hydrogens is 366 g/mol. The van der Waals surface area contributed by atoms with Crippen molar-refractivity contribution in [3.63, 3.8) is 0 Å². The minimum Gasteiger partial charge on any atom is -0.465 e. The van der Waals surface area contributed by atoms with E-state index in [1.165, 1.54) is 11.3 Å². The largest absolute Gasteiger partial charge is 0.465 e. The van der Waals surface area contributed by atoms with Gasteiger partial charge in [0.25, 0.3) is 0 Å². The molecule has 0 atom stereocenters. The highest BCUT2D eigenvalue weighted by atomic mass is 79.9. The first-order valence-corrected chi connectivity index (χ1v) is 8.93. The number of aryl methyl sites for hydroxylation is 2. The van der Waals surface area contributed by atoms with Crippen molar-refractivity contribution in [2.75, 3.05) is 0 Å². The second-order valence-corrected chi connectivity index (χ2v) is 7.85. The summed E-state index contributed by atoms with van der Waals surface area (Å²) in [5, 5.41) is 11.2. The third kappa shape index (κ3) is 3.15. The lowest BCUT2D eigenvalue weighted by atomic mass is 10.2. The molecule has 0 spiro atoms. The third-order valence-electron chi connectivity index (χ3n) is 2.81. The van der Waals surface area contributed by atoms with Crippen LogP contribution in [0.25, 0.3) is 0 Å². The lowest BCUT2D eigenvalue weighted by Crippen LogP contribution is -2.24. The Balaban J connectivity index is 2.27. The topological polar surface area (TPSA) is 79.5 Å². The zero-order valence-corrected chi connectivity index (χ0v) is 14.2. The number of halogens is 1. The number of hydrogen-bond acceptors (Lipinski definition) is 5. The number of sulfonamides is 1. The molecule has 0 saturated heterocycles. The molecule has 5 nitrogen and oxygen atoms in total. The minimum absolute atomic E-state index is 0.0353. The molecule has 2 heterocycles. The first-order chi connectivity index (χ1) is 9.35. The van der Waals surface area contributed by atoms with E-state index in [0.717, 1.165) is 9.35 Å². The van der Waals surface area contributed by atoms with Crippen LogP contribution < -0.4 is 4.72 Å². The second-order valence-electron chi connectivity index (χ2n) is 4.24. The number of hydrogen-bond donors (Lipinski definition) is 2. The summed E-state index contributed by atoms with van der Waals surface area (Å²) in [7, 11) is -3.71. The van der Waals surface area contributed by atoms with Gasteiger partial charge in [-0.1, -0.05) is 0 Å². The number of furan rings is 1. The molecule has 2 aromatic heterocycles. The van der Waals surface area contributed by atoms with E-state index in [1.807, 2.05) is 11.4 Å². The smallest absolute Gasteiger partial charge is 0.244 e. The van der Waals surface area contributed by atoms with Crippen LogP contribution in [-0.2, 0) is 23.2 Å². The Morgan fingerprint density at radius 2 is 2.10 bits per heavy atom. The molecular formula is C12H14BrNO4S2. The van der Waals surface area contributed by atoms with E-state index in [0.29, 0.717) is 11.3 Å². The van der Waals surface area contributed by atoms with E-state index in [1.54, 1.807) is 13.8 Å². The molecule has 0 unspecified atom stereocenters. The molecule has 110 valence electrons. The van der Waals surface area contributed by atoms with Crippen LogP contribution in [0.15, 0.2) is 25.2 Å². The van der Waals surface area contributed by atoms with Gasteiger partial charge in [0, 0.05) is 26.8 Å². The van der Waals surface area contributed by atoms with Crippen molar-refractivity contribution in [1.29, 1.82) is 0 Å². The number of nitrogens with one attached hydrogen (secondary N) is 1. The van der Waals surface area contributed by atoms with Crippen LogP contribution in [-0.4, -0.2) is 13.5 Å². The maximum atomic E-state index is 12.3. The van der Waals surface area contributed by atoms with Crippen molar-refractivity contribution in [3.05, 3.63) is 37.9 Å². The van der Waals surface area contributed by atoms with Gasteiger partial charge in [-0.3, -0.25) is 0 Å². The molecule has 0 radical (unpaired) electrons. The zero-order valence-electron chi connectivity index (χ0n) is 10.9. The van der Waals surface area contributed by atoms with Crippen molar-refractivity contribution in [3.8, 4) is 0 Å². The molecule has 8 heteroatoms. The number of aliphatic hydroxyl groups excluding tert-OH is 1. The number of rotatable bonds is 5. The third-order valence-corrected chi connectivity index (χ3v) is 6.10. The van der Waals surface area contributed by atoms with Gasteiger partial charge in [-0.05, 0) is 35.8 Å². The number of thiophene rings is 1. The molecule has 2 aromatic rings. The molecule has 0 fully saturated rings. The molecule has 0 aromatic carbocycles. The first kappa shape index (κ1) is 15.7. The van der Waals surface area contributed by atoms with Crippen LogP contribution in [0.4, 0.5) is 0 Å². The van der Waals surface area contributed by atoms with Gasteiger partial charge < -0.3 is 9.52 Å². The van der Waals surface area contributed by atoms with E-state index < -0.39 is 10.0 Å². The maximum absolute atomic E-state index is 12.3. The summed E-state index contributed by atoms with van der Waals surface area (Å²) in [6, 6.07) is 1.85. The normalized spacial score (nSPS) is 12.0. The van der Waals surface area contributed by atoms with Crippen LogP contribution in [0, 0.1) is 13.8 Å². The fraction of sp³-hybridized carbons (Fsp3) is 0.333. The van der Waals surface area contributed by atoms with Gasteiger partial charge >= 0.3 is 0 Å². The summed E-state index contributed by atoms with van der Waals surface area (Å²) in [5.74, 6) is 0.704. The highest BCUT2D eigenvalue weighted by molar-refractivity contribution is 9.10. The molecule has 0 aliphatic rings. The van der Waals surface area contributed by atoms with Gasteiger partial charge in [-0.25, -0.2) is 13.1 Å². The molecule has 0 aliphatic carbocycles. The SMILES string of the molecule is Cc1oc(C)c(S(=O)(=O)NCc2cc(Br)cs2)c1CO. The summed E-state index contributed by atoms with van der Waals surface area (Å²) in [4.78, 5) is 0.928. The molecule has 2 rings (SSSR count). The van der Waals surface area contributed by atoms with Crippen LogP contribution >= 0.6 is 27.3 Å². The van der Waals surface area contributed by atoms with Crippen molar-refractivity contribution < 1.29 is 17.9 Å². The molecule has 0 saturated carbocycles. The predicted molar refractivity (Wildman–Crippen MR) is 80.1 cm³/mol. The van der Waals surface area contributed by atoms with Crippen molar-refractivity contribution >= 4 is 37.3 Å². The van der Waals surface area contributed by atoms with Crippen LogP contribution in [0.2, 0.25) is 0 Å². The highest BCUT2D eigenvalue weighted by Gasteiger charge is 2.26. The monoisotopic (exact) mass is 379 g/mol. The lowest BCUT2D eigenvalue weighted by Gasteiger charge is -2.06. The van der Waals surface area contributed by atoms with E-state index in [4.69, 9.17) is 4.42 Å². The quantitative estimate of drug-likeness (QED) is 0.836. The number of aliphatic hydroxyl groups is 1. The Labute approximate surface area is 129 Å². The van der Waals surface area contributed by atoms with Gasteiger partial charge in [0.05, 0.1) is 6.61 Å². The first-order valence-electron chi connectivity index (χ1n) is 5.77. The molecule has 2 N–H and O–H groups in total. The summed E-state index contributed by atoms with van der Waals surface area (Å²) in [6.07, 6.45) is 0. The van der Waals surface area contributed by atoms with Crippen LogP contribution in [0.3, 0.4) is 0 Å². The zero-order chi connectivity index (χ0) is 14.9. The lowest BCUT2D eigenvalue weighted by molar-refractivity contribution is 0.276. The molecule has 20 heavy (non-hydrogen) atoms. The van der Waals surface area contributed by atoms with E-state index >= 15 is 0 Å². The van der Waals surface area contributed by atoms with Gasteiger partial charge in [-0.2, -0.15) is 0 Å². The molecule has 0 amide bonds. The van der Waals surface area contributed by atoms with Crippen molar-refractivity contribution in [2.24, 2.45) is 0 Å². The average Bonchev–Trinajstić information content (AvgIpc) is 2.90. The van der Waals surface area contributed by atoms with E-state index in [-0.39, 0.29) is 23.8 Å². The summed E-state index contributed by atoms with van der Waals surface area (Å²) >= 11 is 4.78. The Morgan fingerprint density at radius 1 is 1.40 bits per heavy atom. The summed E-state index contributed by atoms with van der Waals surface area (Å²) in [5.41, 5.74) is 0.308. The van der Waals surface area contributed by atoms with Gasteiger partial charge in [0.1, 0.15) is 16.4 Å². The highest BCUT2D eigenvalue weighted by Crippen LogP contribution is 2.27. The van der Waals surface area contributed by atoms with E-state index in [9.17, 15) is 13.5 Å². The Morgan fingerprint density at radius 3 is 2.65 bits per heavy atom. The maximum Gasteiger partial charge on any atom is 0.244 e. The van der Waals surface area contributed by atoms with Gasteiger partial charge in [-0.15, -0.1) is 11.3 Å². The second kappa shape index (κ2) is 5.98. The Hall–Kier alpha value is -0.670. The molecule has 0 bridgehead atoms. The Bertz CT molecular complexity index is 718. The minimum atomic E-state index is -3.71. The predicted octanol–water partition coefficient (Wildman–Crippen LogP) is 2.69. The fourth-order valence-electron chi connectivity index (χ4n) is 1.93. The summed E-state index contributed by atoms with van der Waals surface area (Å²) < 4.78 is 33.4. The van der Waals surface area contributed by atoms with Crippen molar-refractivity contribution in [2.45, 2.75) is 31.9 Å². The average molecular weight is 380 g/mol. The van der Waals surface area contributed by atoms with Crippen LogP contribution in [0.5, 0.6) is 0 Å². The van der Waals surface area contributed by atoms with Gasteiger partial charge in [0.15, 0.2) is 0 Å². The Kier molecular flexibility index (Phi) is 4.70.